The first kappa shape index (κ1) is 10.6. The van der Waals surface area contributed by atoms with Crippen LogP contribution in [-0.2, 0) is 0 Å². The fourth-order valence-electron chi connectivity index (χ4n) is 1.29. The van der Waals surface area contributed by atoms with Crippen molar-refractivity contribution in [2.24, 2.45) is 0 Å². The van der Waals surface area contributed by atoms with E-state index in [1.807, 2.05) is 19.1 Å². The Morgan fingerprint density at radius 1 is 1.40 bits per heavy atom. The fourth-order valence-corrected chi connectivity index (χ4v) is 1.94. The van der Waals surface area contributed by atoms with Crippen molar-refractivity contribution in [3.05, 3.63) is 28.1 Å². The van der Waals surface area contributed by atoms with E-state index in [-0.39, 0.29) is 0 Å². The third-order valence-corrected chi connectivity index (χ3v) is 2.86. The van der Waals surface area contributed by atoms with Gasteiger partial charge in [0.05, 0.1) is 16.6 Å². The largest absolute Gasteiger partial charge is 0.493 e. The lowest BCUT2D eigenvalue weighted by Crippen LogP contribution is -1.93. The number of hydrogen-bond acceptors (Lipinski definition) is 3. The molecule has 2 aromatic rings. The van der Waals surface area contributed by atoms with Crippen molar-refractivity contribution in [3.8, 4) is 5.75 Å². The second-order valence-corrected chi connectivity index (χ2v) is 4.11. The molecule has 5 heteroatoms. The van der Waals surface area contributed by atoms with E-state index in [0.29, 0.717) is 11.8 Å². The Balaban J connectivity index is 2.65. The van der Waals surface area contributed by atoms with Crippen LogP contribution in [0.3, 0.4) is 0 Å². The number of benzene rings is 1. The molecule has 0 aliphatic heterocycles. The molecule has 0 saturated carbocycles. The summed E-state index contributed by atoms with van der Waals surface area (Å²) in [6, 6.07) is 3.71. The summed E-state index contributed by atoms with van der Waals surface area (Å²) in [5, 5.41) is 1.26. The fraction of sp³-hybridized carbons (Fsp3) is 0.200. The molecule has 2 rings (SSSR count). The van der Waals surface area contributed by atoms with Crippen molar-refractivity contribution < 1.29 is 4.74 Å². The average Bonchev–Trinajstić information content (AvgIpc) is 2.21. The van der Waals surface area contributed by atoms with Gasteiger partial charge in [-0.25, -0.2) is 9.97 Å². The van der Waals surface area contributed by atoms with E-state index < -0.39 is 0 Å². The molecule has 0 unspecified atom stereocenters. The van der Waals surface area contributed by atoms with Crippen molar-refractivity contribution in [3.63, 3.8) is 0 Å². The van der Waals surface area contributed by atoms with Crippen molar-refractivity contribution in [1.82, 2.24) is 9.97 Å². The minimum Gasteiger partial charge on any atom is -0.493 e. The van der Waals surface area contributed by atoms with Crippen LogP contribution in [0.5, 0.6) is 5.75 Å². The summed E-state index contributed by atoms with van der Waals surface area (Å²) < 4.78 is 6.29. The Labute approximate surface area is 101 Å². The molecule has 0 atom stereocenters. The Kier molecular flexibility index (Phi) is 3.07. The molecule has 0 fully saturated rings. The normalized spacial score (nSPS) is 10.6. The summed E-state index contributed by atoms with van der Waals surface area (Å²) in [7, 11) is 0. The lowest BCUT2D eigenvalue weighted by atomic mass is 10.2. The van der Waals surface area contributed by atoms with Gasteiger partial charge >= 0.3 is 0 Å². The number of aromatic nitrogens is 2. The van der Waals surface area contributed by atoms with Crippen LogP contribution in [0.25, 0.3) is 10.9 Å². The molecule has 0 spiro atoms. The van der Waals surface area contributed by atoms with Crippen LogP contribution in [0, 0.1) is 0 Å². The predicted octanol–water partition coefficient (Wildman–Crippen LogP) is 3.44. The molecule has 3 nitrogen and oxygen atoms in total. The number of rotatable bonds is 2. The van der Waals surface area contributed by atoms with Gasteiger partial charge in [0.15, 0.2) is 0 Å². The molecule has 0 aliphatic carbocycles. The van der Waals surface area contributed by atoms with Crippen LogP contribution in [0.15, 0.2) is 22.9 Å². The van der Waals surface area contributed by atoms with Crippen LogP contribution in [0.4, 0.5) is 0 Å². The maximum atomic E-state index is 5.95. The maximum Gasteiger partial charge on any atom is 0.140 e. The molecule has 0 aliphatic rings. The molecule has 0 N–H and O–H groups in total. The summed E-state index contributed by atoms with van der Waals surface area (Å²) in [6.45, 7) is 2.55. The zero-order valence-electron chi connectivity index (χ0n) is 8.00. The second kappa shape index (κ2) is 4.33. The second-order valence-electron chi connectivity index (χ2n) is 2.90. The first-order valence-corrected chi connectivity index (χ1v) is 5.62. The summed E-state index contributed by atoms with van der Waals surface area (Å²) in [5.74, 6) is 0.764. The van der Waals surface area contributed by atoms with Crippen molar-refractivity contribution in [1.29, 1.82) is 0 Å². The van der Waals surface area contributed by atoms with Crippen LogP contribution < -0.4 is 4.74 Å². The highest BCUT2D eigenvalue weighted by Crippen LogP contribution is 2.31. The predicted molar refractivity (Wildman–Crippen MR) is 63.4 cm³/mol. The lowest BCUT2D eigenvalue weighted by Gasteiger charge is -2.07. The maximum absolute atomic E-state index is 5.95. The highest BCUT2D eigenvalue weighted by molar-refractivity contribution is 9.10. The third kappa shape index (κ3) is 2.06. The van der Waals surface area contributed by atoms with Gasteiger partial charge in [-0.2, -0.15) is 0 Å². The van der Waals surface area contributed by atoms with E-state index in [2.05, 4.69) is 25.9 Å². The van der Waals surface area contributed by atoms with E-state index in [0.717, 1.165) is 21.1 Å². The van der Waals surface area contributed by atoms with E-state index in [1.54, 1.807) is 0 Å². The van der Waals surface area contributed by atoms with Gasteiger partial charge in [0.25, 0.3) is 0 Å². The zero-order chi connectivity index (χ0) is 10.8. The SMILES string of the molecule is CCOc1cc2ncnc(Cl)c2cc1Br. The van der Waals surface area contributed by atoms with Gasteiger partial charge in [0.2, 0.25) is 0 Å². The Morgan fingerprint density at radius 2 is 2.20 bits per heavy atom. The highest BCUT2D eigenvalue weighted by atomic mass is 79.9. The van der Waals surface area contributed by atoms with Crippen molar-refractivity contribution >= 4 is 38.4 Å². The van der Waals surface area contributed by atoms with Crippen molar-refractivity contribution in [2.45, 2.75) is 6.92 Å². The zero-order valence-corrected chi connectivity index (χ0v) is 10.3. The first-order chi connectivity index (χ1) is 7.22. The molecule has 1 aromatic heterocycles. The van der Waals surface area contributed by atoms with E-state index >= 15 is 0 Å². The van der Waals surface area contributed by atoms with Gasteiger partial charge in [-0.15, -0.1) is 0 Å². The molecule has 0 amide bonds. The lowest BCUT2D eigenvalue weighted by molar-refractivity contribution is 0.338. The minimum absolute atomic E-state index is 0.448. The molecular formula is C10H8BrClN2O. The summed E-state index contributed by atoms with van der Waals surface area (Å²) in [5.41, 5.74) is 0.779. The van der Waals surface area contributed by atoms with Gasteiger partial charge in [-0.3, -0.25) is 0 Å². The quantitative estimate of drug-likeness (QED) is 0.794. The molecule has 0 radical (unpaired) electrons. The third-order valence-electron chi connectivity index (χ3n) is 1.94. The van der Waals surface area contributed by atoms with Crippen LogP contribution in [0.1, 0.15) is 6.92 Å². The van der Waals surface area contributed by atoms with Crippen LogP contribution in [0.2, 0.25) is 5.15 Å². The molecule has 0 saturated heterocycles. The van der Waals surface area contributed by atoms with Gasteiger partial charge < -0.3 is 4.74 Å². The Hall–Kier alpha value is -0.870. The van der Waals surface area contributed by atoms with E-state index in [4.69, 9.17) is 16.3 Å². The molecule has 1 heterocycles. The minimum atomic E-state index is 0.448. The summed E-state index contributed by atoms with van der Waals surface area (Å²) in [6.07, 6.45) is 1.44. The van der Waals surface area contributed by atoms with Gasteiger partial charge in [-0.05, 0) is 28.9 Å². The Morgan fingerprint density at radius 3 is 2.93 bits per heavy atom. The van der Waals surface area contributed by atoms with Gasteiger partial charge in [0, 0.05) is 11.5 Å². The smallest absolute Gasteiger partial charge is 0.140 e. The number of nitrogens with zero attached hydrogens (tertiary/aromatic N) is 2. The standard InChI is InChI=1S/C10H8BrClN2O/c1-2-15-9-4-8-6(3-7(9)11)10(12)14-5-13-8/h3-5H,2H2,1H3. The summed E-state index contributed by atoms with van der Waals surface area (Å²) in [4.78, 5) is 8.05. The molecule has 1 aromatic carbocycles. The number of halogens is 2. The van der Waals surface area contributed by atoms with Gasteiger partial charge in [-0.1, -0.05) is 11.6 Å². The molecular weight excluding hydrogens is 279 g/mol. The average molecular weight is 288 g/mol. The number of hydrogen-bond donors (Lipinski definition) is 0. The van der Waals surface area contributed by atoms with Gasteiger partial charge in [0.1, 0.15) is 17.2 Å². The van der Waals surface area contributed by atoms with E-state index in [9.17, 15) is 0 Å². The van der Waals surface area contributed by atoms with Crippen LogP contribution in [-0.4, -0.2) is 16.6 Å². The molecule has 15 heavy (non-hydrogen) atoms. The summed E-state index contributed by atoms with van der Waals surface area (Å²) >= 11 is 9.36. The monoisotopic (exact) mass is 286 g/mol. The van der Waals surface area contributed by atoms with Crippen LogP contribution >= 0.6 is 27.5 Å². The molecule has 78 valence electrons. The molecule has 0 bridgehead atoms. The first-order valence-electron chi connectivity index (χ1n) is 4.45. The topological polar surface area (TPSA) is 35.0 Å². The Bertz CT molecular complexity index is 504. The van der Waals surface area contributed by atoms with E-state index in [1.165, 1.54) is 6.33 Å². The number of ether oxygens (including phenoxy) is 1. The van der Waals surface area contributed by atoms with Crippen molar-refractivity contribution in [2.75, 3.05) is 6.61 Å². The highest BCUT2D eigenvalue weighted by Gasteiger charge is 2.07. The number of fused-ring (bicyclic) bond motifs is 1.